The number of Topliss-reactive ketones (excluding diaryl/α,β-unsaturated/α-hetero) is 1. The van der Waals surface area contributed by atoms with Gasteiger partial charge >= 0.3 is 0 Å². The molecule has 1 aromatic carbocycles. The third-order valence-corrected chi connectivity index (χ3v) is 3.35. The van der Waals surface area contributed by atoms with Gasteiger partial charge in [0, 0.05) is 5.02 Å². The van der Waals surface area contributed by atoms with E-state index in [1.54, 1.807) is 38.1 Å². The topological polar surface area (TPSA) is 71.6 Å². The highest BCUT2D eigenvalue weighted by molar-refractivity contribution is 6.30. The van der Waals surface area contributed by atoms with Gasteiger partial charge in [-0.25, -0.2) is 9.67 Å². The number of nitrogens with zero attached hydrogens (tertiary/aromatic N) is 4. The molecule has 1 aromatic heterocycles. The van der Waals surface area contributed by atoms with Crippen LogP contribution in [0.2, 0.25) is 5.02 Å². The quantitative estimate of drug-likeness (QED) is 0.643. The fourth-order valence-electron chi connectivity index (χ4n) is 1.80. The molecule has 2 aromatic rings. The van der Waals surface area contributed by atoms with E-state index < -0.39 is 5.54 Å². The van der Waals surface area contributed by atoms with Crippen LogP contribution in [0.25, 0.3) is 6.08 Å². The van der Waals surface area contributed by atoms with Crippen molar-refractivity contribution < 1.29 is 4.79 Å². The molecule has 0 saturated heterocycles. The molecular formula is C15H13ClN4O. The molecule has 106 valence electrons. The highest BCUT2D eigenvalue weighted by atomic mass is 35.5. The van der Waals surface area contributed by atoms with Gasteiger partial charge in [0.05, 0.1) is 5.57 Å². The number of aromatic nitrogens is 3. The molecule has 0 spiro atoms. The summed E-state index contributed by atoms with van der Waals surface area (Å²) in [7, 11) is 0. The van der Waals surface area contributed by atoms with Crippen LogP contribution in [0, 0.1) is 11.3 Å². The van der Waals surface area contributed by atoms with Crippen LogP contribution < -0.4 is 0 Å². The molecule has 0 atom stereocenters. The van der Waals surface area contributed by atoms with Gasteiger partial charge < -0.3 is 0 Å². The summed E-state index contributed by atoms with van der Waals surface area (Å²) in [6.45, 7) is 3.38. The van der Waals surface area contributed by atoms with Gasteiger partial charge in [0.2, 0.25) is 0 Å². The average molecular weight is 301 g/mol. The van der Waals surface area contributed by atoms with Crippen molar-refractivity contribution in [3.8, 4) is 6.07 Å². The zero-order valence-corrected chi connectivity index (χ0v) is 12.4. The minimum Gasteiger partial charge on any atom is -0.291 e. The average Bonchev–Trinajstić information content (AvgIpc) is 3.01. The van der Waals surface area contributed by atoms with Gasteiger partial charge in [-0.05, 0) is 37.6 Å². The van der Waals surface area contributed by atoms with Crippen LogP contribution in [-0.2, 0) is 10.3 Å². The fraction of sp³-hybridized carbons (Fsp3) is 0.200. The van der Waals surface area contributed by atoms with Crippen LogP contribution in [0.3, 0.4) is 0 Å². The smallest absolute Gasteiger partial charge is 0.200 e. The Labute approximate surface area is 127 Å². The van der Waals surface area contributed by atoms with E-state index >= 15 is 0 Å². The first-order valence-electron chi connectivity index (χ1n) is 6.22. The predicted molar refractivity (Wildman–Crippen MR) is 79.4 cm³/mol. The van der Waals surface area contributed by atoms with E-state index in [9.17, 15) is 10.1 Å². The molecule has 0 bridgehead atoms. The van der Waals surface area contributed by atoms with Crippen molar-refractivity contribution in [3.63, 3.8) is 0 Å². The van der Waals surface area contributed by atoms with E-state index in [2.05, 4.69) is 10.1 Å². The summed E-state index contributed by atoms with van der Waals surface area (Å²) < 4.78 is 1.43. The van der Waals surface area contributed by atoms with Gasteiger partial charge in [-0.1, -0.05) is 23.7 Å². The molecule has 21 heavy (non-hydrogen) atoms. The molecule has 0 unspecified atom stereocenters. The Kier molecular flexibility index (Phi) is 4.20. The first kappa shape index (κ1) is 14.9. The molecule has 0 radical (unpaired) electrons. The number of halogens is 1. The molecule has 2 rings (SSSR count). The fourth-order valence-corrected chi connectivity index (χ4v) is 1.93. The zero-order chi connectivity index (χ0) is 15.5. The lowest BCUT2D eigenvalue weighted by atomic mass is 9.92. The van der Waals surface area contributed by atoms with Crippen molar-refractivity contribution in [2.45, 2.75) is 19.4 Å². The summed E-state index contributed by atoms with van der Waals surface area (Å²) in [5.41, 5.74) is -0.193. The van der Waals surface area contributed by atoms with E-state index in [0.717, 1.165) is 5.56 Å². The number of ketones is 1. The second-order valence-corrected chi connectivity index (χ2v) is 5.39. The monoisotopic (exact) mass is 300 g/mol. The van der Waals surface area contributed by atoms with Crippen LogP contribution in [-0.4, -0.2) is 20.5 Å². The maximum Gasteiger partial charge on any atom is 0.200 e. The number of hydrogen-bond donors (Lipinski definition) is 0. The number of carbonyl (C=O) groups excluding carboxylic acids is 1. The van der Waals surface area contributed by atoms with Gasteiger partial charge in [0.25, 0.3) is 0 Å². The van der Waals surface area contributed by atoms with E-state index in [0.29, 0.717) is 5.02 Å². The highest BCUT2D eigenvalue weighted by Gasteiger charge is 2.33. The molecular weight excluding hydrogens is 288 g/mol. The van der Waals surface area contributed by atoms with Gasteiger partial charge in [-0.2, -0.15) is 10.4 Å². The Hall–Kier alpha value is -2.45. The molecule has 0 amide bonds. The van der Waals surface area contributed by atoms with Gasteiger partial charge in [0.15, 0.2) is 5.78 Å². The second kappa shape index (κ2) is 5.90. The first-order valence-corrected chi connectivity index (χ1v) is 6.60. The standard InChI is InChI=1S/C15H13ClN4O/c1-15(2,20-10-18-9-19-20)14(21)12(8-17)7-11-3-5-13(16)6-4-11/h3-7,9-10H,1-2H3/b12-7-. The minimum absolute atomic E-state index is 0.0535. The largest absolute Gasteiger partial charge is 0.291 e. The van der Waals surface area contributed by atoms with Crippen molar-refractivity contribution in [2.24, 2.45) is 0 Å². The number of rotatable bonds is 4. The lowest BCUT2D eigenvalue weighted by Gasteiger charge is -2.22. The van der Waals surface area contributed by atoms with E-state index in [1.165, 1.54) is 23.4 Å². The first-order chi connectivity index (χ1) is 9.95. The lowest BCUT2D eigenvalue weighted by molar-refractivity contribution is -0.122. The summed E-state index contributed by atoms with van der Waals surface area (Å²) in [5.74, 6) is -0.328. The Bertz CT molecular complexity index is 709. The molecule has 1 heterocycles. The molecule has 0 aliphatic carbocycles. The third-order valence-electron chi connectivity index (χ3n) is 3.09. The Morgan fingerprint density at radius 1 is 1.38 bits per heavy atom. The van der Waals surface area contributed by atoms with Crippen LogP contribution in [0.5, 0.6) is 0 Å². The highest BCUT2D eigenvalue weighted by Crippen LogP contribution is 2.21. The second-order valence-electron chi connectivity index (χ2n) is 4.95. The predicted octanol–water partition coefficient (Wildman–Crippen LogP) is 2.84. The van der Waals surface area contributed by atoms with E-state index in [4.69, 9.17) is 11.6 Å². The van der Waals surface area contributed by atoms with Crippen LogP contribution in [0.4, 0.5) is 0 Å². The minimum atomic E-state index is -0.982. The maximum atomic E-state index is 12.6. The molecule has 0 aliphatic rings. The lowest BCUT2D eigenvalue weighted by Crippen LogP contribution is -2.37. The number of carbonyl (C=O) groups is 1. The van der Waals surface area contributed by atoms with Crippen molar-refractivity contribution in [1.29, 1.82) is 5.26 Å². The van der Waals surface area contributed by atoms with Crippen molar-refractivity contribution in [3.05, 3.63) is 53.1 Å². The van der Waals surface area contributed by atoms with E-state index in [1.807, 2.05) is 6.07 Å². The molecule has 5 nitrogen and oxygen atoms in total. The van der Waals surface area contributed by atoms with Crippen molar-refractivity contribution >= 4 is 23.5 Å². The zero-order valence-electron chi connectivity index (χ0n) is 11.6. The van der Waals surface area contributed by atoms with Crippen molar-refractivity contribution in [2.75, 3.05) is 0 Å². The molecule has 0 saturated carbocycles. The molecule has 0 fully saturated rings. The van der Waals surface area contributed by atoms with Gasteiger partial charge in [-0.15, -0.1) is 0 Å². The number of nitriles is 1. The van der Waals surface area contributed by atoms with Gasteiger partial charge in [-0.3, -0.25) is 4.79 Å². The Morgan fingerprint density at radius 3 is 2.57 bits per heavy atom. The molecule has 6 heteroatoms. The van der Waals surface area contributed by atoms with Crippen LogP contribution >= 0.6 is 11.6 Å². The third kappa shape index (κ3) is 3.18. The normalized spacial score (nSPS) is 12.0. The summed E-state index contributed by atoms with van der Waals surface area (Å²) >= 11 is 5.81. The maximum absolute atomic E-state index is 12.6. The molecule has 0 aliphatic heterocycles. The summed E-state index contributed by atoms with van der Waals surface area (Å²) in [5, 5.41) is 13.8. The number of hydrogen-bond acceptors (Lipinski definition) is 4. The Balaban J connectivity index is 2.35. The molecule has 0 N–H and O–H groups in total. The van der Waals surface area contributed by atoms with E-state index in [-0.39, 0.29) is 11.4 Å². The SMILES string of the molecule is CC(C)(C(=O)/C(C#N)=C\c1ccc(Cl)cc1)n1cncn1. The number of allylic oxidation sites excluding steroid dienone is 1. The summed E-state index contributed by atoms with van der Waals surface area (Å²) in [4.78, 5) is 16.4. The van der Waals surface area contributed by atoms with Crippen molar-refractivity contribution in [1.82, 2.24) is 14.8 Å². The van der Waals surface area contributed by atoms with Crippen LogP contribution in [0.1, 0.15) is 19.4 Å². The number of benzene rings is 1. The summed E-state index contributed by atoms with van der Waals surface area (Å²) in [6, 6.07) is 8.85. The van der Waals surface area contributed by atoms with Crippen LogP contribution in [0.15, 0.2) is 42.5 Å². The van der Waals surface area contributed by atoms with Gasteiger partial charge in [0.1, 0.15) is 24.3 Å². The Morgan fingerprint density at radius 2 is 2.05 bits per heavy atom. The summed E-state index contributed by atoms with van der Waals surface area (Å²) in [6.07, 6.45) is 4.34.